The fourth-order valence-electron chi connectivity index (χ4n) is 1.25. The summed E-state index contributed by atoms with van der Waals surface area (Å²) in [5.41, 5.74) is 6.33. The zero-order valence-corrected chi connectivity index (χ0v) is 10.0. The lowest BCUT2D eigenvalue weighted by molar-refractivity contribution is 1.39. The lowest BCUT2D eigenvalue weighted by atomic mass is 10.3. The average Bonchev–Trinajstić information content (AvgIpc) is 2.17. The molecule has 0 unspecified atom stereocenters. The Hall–Kier alpha value is -0.780. The lowest BCUT2D eigenvalue weighted by Crippen LogP contribution is -2.22. The van der Waals surface area contributed by atoms with Crippen molar-refractivity contribution in [2.45, 2.75) is 4.90 Å². The highest BCUT2D eigenvalue weighted by Gasteiger charge is 2.14. The van der Waals surface area contributed by atoms with Crippen LogP contribution in [0.5, 0.6) is 0 Å². The van der Waals surface area contributed by atoms with E-state index in [2.05, 4.69) is 10.3 Å². The Morgan fingerprint density at radius 2 is 2.40 bits per heavy atom. The summed E-state index contributed by atoms with van der Waals surface area (Å²) in [6.45, 7) is 0. The molecule has 0 saturated carbocycles. The van der Waals surface area contributed by atoms with Crippen molar-refractivity contribution in [3.05, 3.63) is 23.2 Å². The fraction of sp³-hybridized carbons (Fsp3) is 0.111. The highest BCUT2D eigenvalue weighted by Crippen LogP contribution is 2.33. The van der Waals surface area contributed by atoms with Crippen LogP contribution in [0.25, 0.3) is 0 Å². The average molecular weight is 258 g/mol. The summed E-state index contributed by atoms with van der Waals surface area (Å²) < 4.78 is 0. The quantitative estimate of drug-likeness (QED) is 0.702. The molecule has 0 saturated heterocycles. The van der Waals surface area contributed by atoms with Gasteiger partial charge in [-0.25, -0.2) is 4.99 Å². The van der Waals surface area contributed by atoms with Crippen LogP contribution in [-0.4, -0.2) is 16.7 Å². The molecule has 0 aromatic heterocycles. The van der Waals surface area contributed by atoms with Crippen molar-refractivity contribution in [3.8, 4) is 0 Å². The number of halogens is 1. The molecule has 0 fully saturated rings. The van der Waals surface area contributed by atoms with Crippen LogP contribution < -0.4 is 11.1 Å². The molecule has 78 valence electrons. The molecule has 1 aromatic rings. The van der Waals surface area contributed by atoms with Crippen LogP contribution in [0.1, 0.15) is 0 Å². The first-order valence-corrected chi connectivity index (χ1v) is 5.99. The van der Waals surface area contributed by atoms with Gasteiger partial charge in [-0.1, -0.05) is 11.6 Å². The predicted molar refractivity (Wildman–Crippen MR) is 70.0 cm³/mol. The number of rotatable bonds is 0. The van der Waals surface area contributed by atoms with Gasteiger partial charge >= 0.3 is 0 Å². The van der Waals surface area contributed by atoms with Gasteiger partial charge in [-0.2, -0.15) is 0 Å². The Labute approximate surface area is 102 Å². The monoisotopic (exact) mass is 257 g/mol. The number of nitrogens with zero attached hydrogens (tertiary/aromatic N) is 1. The van der Waals surface area contributed by atoms with E-state index >= 15 is 0 Å². The zero-order valence-electron chi connectivity index (χ0n) is 7.66. The number of thioether (sulfide) groups is 1. The summed E-state index contributed by atoms with van der Waals surface area (Å²) >= 11 is 12.3. The van der Waals surface area contributed by atoms with Crippen LogP contribution in [-0.2, 0) is 0 Å². The molecule has 0 atom stereocenters. The third-order valence-electron chi connectivity index (χ3n) is 1.83. The van der Waals surface area contributed by atoms with E-state index in [9.17, 15) is 0 Å². The van der Waals surface area contributed by atoms with Gasteiger partial charge in [-0.3, -0.25) is 0 Å². The van der Waals surface area contributed by atoms with E-state index in [0.29, 0.717) is 0 Å². The van der Waals surface area contributed by atoms with E-state index in [1.54, 1.807) is 11.8 Å². The van der Waals surface area contributed by atoms with Crippen LogP contribution in [0, 0.1) is 0 Å². The summed E-state index contributed by atoms with van der Waals surface area (Å²) in [5, 5.41) is 4.04. The summed E-state index contributed by atoms with van der Waals surface area (Å²) in [7, 11) is 0. The van der Waals surface area contributed by atoms with Gasteiger partial charge in [0, 0.05) is 9.92 Å². The van der Waals surface area contributed by atoms with Crippen molar-refractivity contribution in [1.82, 2.24) is 0 Å². The van der Waals surface area contributed by atoms with Crippen molar-refractivity contribution in [3.63, 3.8) is 0 Å². The van der Waals surface area contributed by atoms with Crippen molar-refractivity contribution in [1.29, 1.82) is 0 Å². The molecule has 15 heavy (non-hydrogen) atoms. The number of amidine groups is 1. The minimum Gasteiger partial charge on any atom is -0.374 e. The second kappa shape index (κ2) is 4.38. The number of hydrogen-bond donors (Lipinski definition) is 2. The molecule has 0 radical (unpaired) electrons. The number of benzene rings is 1. The molecular formula is C9H8ClN3S2. The SMILES string of the molecule is NC(=S)N=C1CSc2cc(Cl)ccc2N1. The lowest BCUT2D eigenvalue weighted by Gasteiger charge is -2.19. The van der Waals surface area contributed by atoms with Gasteiger partial charge in [0.05, 0.1) is 11.4 Å². The second-order valence-electron chi connectivity index (χ2n) is 2.95. The Morgan fingerprint density at radius 1 is 1.60 bits per heavy atom. The molecule has 3 N–H and O–H groups in total. The number of anilines is 1. The van der Waals surface area contributed by atoms with E-state index in [1.807, 2.05) is 18.2 Å². The first-order chi connectivity index (χ1) is 7.15. The number of fused-ring (bicyclic) bond motifs is 1. The van der Waals surface area contributed by atoms with E-state index in [-0.39, 0.29) is 5.11 Å². The fourth-order valence-corrected chi connectivity index (χ4v) is 2.51. The highest BCUT2D eigenvalue weighted by molar-refractivity contribution is 8.00. The van der Waals surface area contributed by atoms with Crippen LogP contribution in [0.15, 0.2) is 28.1 Å². The first kappa shape index (κ1) is 10.7. The summed E-state index contributed by atoms with van der Waals surface area (Å²) in [6, 6.07) is 5.67. The number of nitrogens with one attached hydrogen (secondary N) is 1. The second-order valence-corrected chi connectivity index (χ2v) is 4.82. The number of nitrogens with two attached hydrogens (primary N) is 1. The molecule has 0 aliphatic carbocycles. The maximum atomic E-state index is 5.89. The van der Waals surface area contributed by atoms with Gasteiger partial charge < -0.3 is 11.1 Å². The minimum absolute atomic E-state index is 0.149. The van der Waals surface area contributed by atoms with E-state index < -0.39 is 0 Å². The minimum atomic E-state index is 0.149. The molecule has 2 rings (SSSR count). The molecule has 1 heterocycles. The summed E-state index contributed by atoms with van der Waals surface area (Å²) in [6.07, 6.45) is 0. The molecule has 3 nitrogen and oxygen atoms in total. The molecule has 0 bridgehead atoms. The van der Waals surface area contributed by atoms with Gasteiger partial charge in [-0.05, 0) is 30.4 Å². The predicted octanol–water partition coefficient (Wildman–Crippen LogP) is 2.50. The van der Waals surface area contributed by atoms with Crippen molar-refractivity contribution in [2.75, 3.05) is 11.1 Å². The van der Waals surface area contributed by atoms with Gasteiger partial charge in [0.1, 0.15) is 5.84 Å². The van der Waals surface area contributed by atoms with Crippen LogP contribution in [0.4, 0.5) is 5.69 Å². The van der Waals surface area contributed by atoms with Gasteiger partial charge in [0.15, 0.2) is 5.11 Å². The standard InChI is InChI=1S/C9H8ClN3S2/c10-5-1-2-6-7(3-5)15-4-8(12-6)13-9(11)14/h1-3H,4H2,(H3,11,12,13,14). The molecule has 6 heteroatoms. The van der Waals surface area contributed by atoms with Crippen molar-refractivity contribution < 1.29 is 0 Å². The van der Waals surface area contributed by atoms with Crippen LogP contribution >= 0.6 is 35.6 Å². The summed E-state index contributed by atoms with van der Waals surface area (Å²) in [4.78, 5) is 5.13. The van der Waals surface area contributed by atoms with Crippen LogP contribution in [0.3, 0.4) is 0 Å². The Kier molecular flexibility index (Phi) is 3.14. The third kappa shape index (κ3) is 2.62. The number of hydrogen-bond acceptors (Lipinski definition) is 2. The smallest absolute Gasteiger partial charge is 0.191 e. The molecule has 1 aromatic carbocycles. The Morgan fingerprint density at radius 3 is 3.13 bits per heavy atom. The largest absolute Gasteiger partial charge is 0.374 e. The third-order valence-corrected chi connectivity index (χ3v) is 3.23. The maximum absolute atomic E-state index is 5.89. The highest BCUT2D eigenvalue weighted by atomic mass is 35.5. The molecule has 1 aliphatic heterocycles. The van der Waals surface area contributed by atoms with E-state index in [4.69, 9.17) is 29.6 Å². The molecule has 0 spiro atoms. The van der Waals surface area contributed by atoms with Crippen molar-refractivity contribution >= 4 is 52.2 Å². The molecular weight excluding hydrogens is 250 g/mol. The maximum Gasteiger partial charge on any atom is 0.191 e. The normalized spacial score (nSPS) is 17.0. The Bertz CT molecular complexity index is 445. The van der Waals surface area contributed by atoms with Gasteiger partial charge in [0.2, 0.25) is 0 Å². The zero-order chi connectivity index (χ0) is 10.8. The van der Waals surface area contributed by atoms with Gasteiger partial charge in [0.25, 0.3) is 0 Å². The van der Waals surface area contributed by atoms with E-state index in [1.165, 1.54) is 0 Å². The topological polar surface area (TPSA) is 50.4 Å². The van der Waals surface area contributed by atoms with E-state index in [0.717, 1.165) is 27.2 Å². The first-order valence-electron chi connectivity index (χ1n) is 4.21. The summed E-state index contributed by atoms with van der Waals surface area (Å²) in [5.74, 6) is 1.51. The molecule has 0 amide bonds. The Balaban J connectivity index is 2.28. The number of thiocarbonyl (C=S) groups is 1. The van der Waals surface area contributed by atoms with Gasteiger partial charge in [-0.15, -0.1) is 11.8 Å². The van der Waals surface area contributed by atoms with Crippen molar-refractivity contribution in [2.24, 2.45) is 10.7 Å². The number of aliphatic imine (C=N–C) groups is 1. The van der Waals surface area contributed by atoms with Crippen LogP contribution in [0.2, 0.25) is 5.02 Å². The molecule has 1 aliphatic rings.